The van der Waals surface area contributed by atoms with Crippen molar-refractivity contribution in [2.24, 2.45) is 0 Å². The van der Waals surface area contributed by atoms with Crippen molar-refractivity contribution in [1.82, 2.24) is 4.90 Å². The number of benzene rings is 2. The van der Waals surface area contributed by atoms with Crippen LogP contribution in [0, 0.1) is 0 Å². The van der Waals surface area contributed by atoms with E-state index in [0.29, 0.717) is 23.6 Å². The molecule has 0 bridgehead atoms. The third-order valence-corrected chi connectivity index (χ3v) is 4.23. The van der Waals surface area contributed by atoms with Gasteiger partial charge in [0.25, 0.3) is 5.91 Å². The van der Waals surface area contributed by atoms with Crippen LogP contribution in [0.15, 0.2) is 42.5 Å². The van der Waals surface area contributed by atoms with Gasteiger partial charge in [-0.1, -0.05) is 45.0 Å². The quantitative estimate of drug-likeness (QED) is 0.815. The van der Waals surface area contributed by atoms with Gasteiger partial charge in [-0.3, -0.25) is 4.79 Å². The maximum absolute atomic E-state index is 12.8. The molecule has 0 atom stereocenters. The molecular formula is C21H27NO3. The first kappa shape index (κ1) is 18.8. The summed E-state index contributed by atoms with van der Waals surface area (Å²) in [5, 5.41) is 0. The fraction of sp³-hybridized carbons (Fsp3) is 0.381. The fourth-order valence-corrected chi connectivity index (χ4v) is 2.64. The number of ether oxygens (including phenoxy) is 2. The van der Waals surface area contributed by atoms with Crippen LogP contribution in [0.2, 0.25) is 0 Å². The van der Waals surface area contributed by atoms with Crippen LogP contribution < -0.4 is 9.47 Å². The highest BCUT2D eigenvalue weighted by Crippen LogP contribution is 2.26. The van der Waals surface area contributed by atoms with E-state index in [0.717, 1.165) is 5.56 Å². The molecule has 0 radical (unpaired) electrons. The van der Waals surface area contributed by atoms with Gasteiger partial charge < -0.3 is 14.4 Å². The summed E-state index contributed by atoms with van der Waals surface area (Å²) in [6.45, 7) is 7.10. The number of rotatable bonds is 5. The number of amides is 1. The largest absolute Gasteiger partial charge is 0.497 e. The molecule has 1 amide bonds. The lowest BCUT2D eigenvalue weighted by atomic mass is 9.87. The van der Waals surface area contributed by atoms with Crippen molar-refractivity contribution in [3.63, 3.8) is 0 Å². The zero-order chi connectivity index (χ0) is 18.6. The summed E-state index contributed by atoms with van der Waals surface area (Å²) in [6, 6.07) is 13.6. The Morgan fingerprint density at radius 2 is 1.64 bits per heavy atom. The van der Waals surface area contributed by atoms with Crippen LogP contribution in [0.25, 0.3) is 0 Å². The van der Waals surface area contributed by atoms with Gasteiger partial charge in [-0.05, 0) is 28.7 Å². The van der Waals surface area contributed by atoms with Crippen LogP contribution in [-0.4, -0.2) is 32.1 Å². The second-order valence-electron chi connectivity index (χ2n) is 7.17. The predicted octanol–water partition coefficient (Wildman–Crippen LogP) is 4.27. The average molecular weight is 341 g/mol. The van der Waals surface area contributed by atoms with Crippen LogP contribution >= 0.6 is 0 Å². The molecule has 2 aromatic rings. The number of hydrogen-bond donors (Lipinski definition) is 0. The molecule has 0 fully saturated rings. The van der Waals surface area contributed by atoms with Gasteiger partial charge in [-0.15, -0.1) is 0 Å². The first-order valence-electron chi connectivity index (χ1n) is 8.33. The van der Waals surface area contributed by atoms with Crippen molar-refractivity contribution in [3.8, 4) is 11.5 Å². The highest BCUT2D eigenvalue weighted by molar-refractivity contribution is 5.97. The van der Waals surface area contributed by atoms with E-state index in [9.17, 15) is 4.79 Å². The van der Waals surface area contributed by atoms with Crippen LogP contribution in [0.1, 0.15) is 42.3 Å². The summed E-state index contributed by atoms with van der Waals surface area (Å²) < 4.78 is 10.5. The Kier molecular flexibility index (Phi) is 5.73. The van der Waals surface area contributed by atoms with E-state index in [1.807, 2.05) is 0 Å². The van der Waals surface area contributed by atoms with Crippen molar-refractivity contribution in [2.75, 3.05) is 21.3 Å². The Hall–Kier alpha value is -2.49. The van der Waals surface area contributed by atoms with Gasteiger partial charge in [0, 0.05) is 19.7 Å². The minimum Gasteiger partial charge on any atom is -0.497 e. The molecule has 0 aliphatic carbocycles. The highest BCUT2D eigenvalue weighted by atomic mass is 16.5. The second-order valence-corrected chi connectivity index (χ2v) is 7.17. The second kappa shape index (κ2) is 7.60. The summed E-state index contributed by atoms with van der Waals surface area (Å²) in [6.07, 6.45) is 0. The first-order valence-corrected chi connectivity index (χ1v) is 8.33. The SMILES string of the molecule is COc1ccc(C(=O)N(C)Cc2ccc(C(C)(C)C)cc2)c(OC)c1. The zero-order valence-electron chi connectivity index (χ0n) is 15.9. The van der Waals surface area contributed by atoms with E-state index in [1.165, 1.54) is 5.56 Å². The molecule has 0 spiro atoms. The molecule has 0 heterocycles. The standard InChI is InChI=1S/C21H27NO3/c1-21(2,3)16-9-7-15(8-10-16)14-22(4)20(23)18-12-11-17(24-5)13-19(18)25-6/h7-13H,14H2,1-6H3. The molecule has 2 aromatic carbocycles. The Morgan fingerprint density at radius 1 is 1.00 bits per heavy atom. The number of hydrogen-bond acceptors (Lipinski definition) is 3. The highest BCUT2D eigenvalue weighted by Gasteiger charge is 2.18. The lowest BCUT2D eigenvalue weighted by molar-refractivity contribution is 0.0781. The minimum absolute atomic E-state index is 0.0839. The summed E-state index contributed by atoms with van der Waals surface area (Å²) in [4.78, 5) is 14.5. The number of nitrogens with zero attached hydrogens (tertiary/aromatic N) is 1. The van der Waals surface area contributed by atoms with Gasteiger partial charge in [0.05, 0.1) is 19.8 Å². The molecule has 2 rings (SSSR count). The molecule has 0 N–H and O–H groups in total. The van der Waals surface area contributed by atoms with E-state index >= 15 is 0 Å². The summed E-state index contributed by atoms with van der Waals surface area (Å²) in [7, 11) is 4.93. The molecule has 0 saturated heterocycles. The minimum atomic E-state index is -0.0839. The lowest BCUT2D eigenvalue weighted by Crippen LogP contribution is -2.26. The maximum atomic E-state index is 12.8. The first-order chi connectivity index (χ1) is 11.8. The fourth-order valence-electron chi connectivity index (χ4n) is 2.64. The van der Waals surface area contributed by atoms with Gasteiger partial charge in [-0.2, -0.15) is 0 Å². The van der Waals surface area contributed by atoms with Crippen molar-refractivity contribution in [3.05, 3.63) is 59.2 Å². The third-order valence-electron chi connectivity index (χ3n) is 4.23. The van der Waals surface area contributed by atoms with Crippen molar-refractivity contribution < 1.29 is 14.3 Å². The van der Waals surface area contributed by atoms with Crippen LogP contribution in [-0.2, 0) is 12.0 Å². The Morgan fingerprint density at radius 3 is 2.16 bits per heavy atom. The van der Waals surface area contributed by atoms with Gasteiger partial charge in [0.15, 0.2) is 0 Å². The topological polar surface area (TPSA) is 38.8 Å². The van der Waals surface area contributed by atoms with E-state index in [4.69, 9.17) is 9.47 Å². The van der Waals surface area contributed by atoms with Gasteiger partial charge >= 0.3 is 0 Å². The molecule has 0 saturated carbocycles. The van der Waals surface area contributed by atoms with Crippen LogP contribution in [0.3, 0.4) is 0 Å². The van der Waals surface area contributed by atoms with Crippen molar-refractivity contribution in [2.45, 2.75) is 32.7 Å². The Labute approximate surface area is 150 Å². The molecule has 0 aliphatic heterocycles. The normalized spacial score (nSPS) is 11.1. The van der Waals surface area contributed by atoms with Gasteiger partial charge in [0.1, 0.15) is 11.5 Å². The number of carbonyl (C=O) groups is 1. The van der Waals surface area contributed by atoms with E-state index in [-0.39, 0.29) is 11.3 Å². The Balaban J connectivity index is 2.15. The predicted molar refractivity (Wildman–Crippen MR) is 100 cm³/mol. The van der Waals surface area contributed by atoms with Crippen molar-refractivity contribution in [1.29, 1.82) is 0 Å². The molecule has 25 heavy (non-hydrogen) atoms. The molecule has 0 aliphatic rings. The van der Waals surface area contributed by atoms with Crippen LogP contribution in [0.4, 0.5) is 0 Å². The van der Waals surface area contributed by atoms with E-state index < -0.39 is 0 Å². The van der Waals surface area contributed by atoms with Crippen LogP contribution in [0.5, 0.6) is 11.5 Å². The number of carbonyl (C=O) groups excluding carboxylic acids is 1. The lowest BCUT2D eigenvalue weighted by Gasteiger charge is -2.21. The van der Waals surface area contributed by atoms with Gasteiger partial charge in [0.2, 0.25) is 0 Å². The molecule has 4 heteroatoms. The molecule has 4 nitrogen and oxygen atoms in total. The van der Waals surface area contributed by atoms with Crippen molar-refractivity contribution >= 4 is 5.91 Å². The third kappa shape index (κ3) is 4.53. The average Bonchev–Trinajstić information content (AvgIpc) is 2.60. The zero-order valence-corrected chi connectivity index (χ0v) is 15.9. The van der Waals surface area contributed by atoms with Gasteiger partial charge in [-0.25, -0.2) is 0 Å². The Bertz CT molecular complexity index is 730. The van der Waals surface area contributed by atoms with E-state index in [2.05, 4.69) is 45.0 Å². The maximum Gasteiger partial charge on any atom is 0.257 e. The molecule has 134 valence electrons. The number of methoxy groups -OCH3 is 2. The molecular weight excluding hydrogens is 314 g/mol. The summed E-state index contributed by atoms with van der Waals surface area (Å²) in [5.41, 5.74) is 3.02. The smallest absolute Gasteiger partial charge is 0.257 e. The van der Waals surface area contributed by atoms with E-state index in [1.54, 1.807) is 44.4 Å². The molecule has 0 unspecified atom stereocenters. The molecule has 0 aromatic heterocycles. The summed E-state index contributed by atoms with van der Waals surface area (Å²) >= 11 is 0. The summed E-state index contributed by atoms with van der Waals surface area (Å²) in [5.74, 6) is 1.09. The monoisotopic (exact) mass is 341 g/mol.